The maximum atomic E-state index is 12.0. The number of carbonyl (C=O) groups excluding carboxylic acids is 1. The predicted molar refractivity (Wildman–Crippen MR) is 63.4 cm³/mol. The molecule has 4 atom stereocenters. The normalized spacial score (nSPS) is 40.1. The molecule has 0 amide bonds. The number of esters is 1. The van der Waals surface area contributed by atoms with Crippen LogP contribution in [-0.4, -0.2) is 12.1 Å². The van der Waals surface area contributed by atoms with Crippen molar-refractivity contribution in [3.63, 3.8) is 0 Å². The van der Waals surface area contributed by atoms with Crippen LogP contribution in [0.4, 0.5) is 0 Å². The molecule has 4 rings (SSSR count). The van der Waals surface area contributed by atoms with Crippen LogP contribution in [-0.2, 0) is 4.74 Å². The number of ether oxygens (including phenoxy) is 1. The Labute approximate surface area is 100 Å². The molecule has 3 aliphatic rings. The van der Waals surface area contributed by atoms with Crippen molar-refractivity contribution in [2.24, 2.45) is 17.3 Å². The van der Waals surface area contributed by atoms with Gasteiger partial charge < -0.3 is 4.74 Å². The van der Waals surface area contributed by atoms with Gasteiger partial charge in [0.2, 0.25) is 0 Å². The standard InChI is InChI=1S/C15H14O2/c16-14(10-4-2-1-3-5-10)17-13-8-11-6-7-12-9-15(11,12)13/h1-7,11-13H,8-9H2/t11-,12-,13-,15+/m0/s1. The van der Waals surface area contributed by atoms with Crippen molar-refractivity contribution in [3.05, 3.63) is 48.0 Å². The topological polar surface area (TPSA) is 26.3 Å². The molecular weight excluding hydrogens is 212 g/mol. The van der Waals surface area contributed by atoms with E-state index in [1.165, 1.54) is 6.42 Å². The second-order valence-electron chi connectivity index (χ2n) is 5.41. The fraction of sp³-hybridized carbons (Fsp3) is 0.400. The Morgan fingerprint density at radius 1 is 1.18 bits per heavy atom. The Bertz CT molecular complexity index is 505. The molecule has 0 saturated heterocycles. The molecule has 2 saturated carbocycles. The molecule has 0 heterocycles. The second kappa shape index (κ2) is 3.00. The molecule has 0 N–H and O–H groups in total. The molecule has 17 heavy (non-hydrogen) atoms. The molecule has 0 unspecified atom stereocenters. The third kappa shape index (κ3) is 1.13. The van der Waals surface area contributed by atoms with E-state index in [2.05, 4.69) is 12.2 Å². The zero-order valence-corrected chi connectivity index (χ0v) is 9.50. The van der Waals surface area contributed by atoms with E-state index in [1.54, 1.807) is 0 Å². The zero-order valence-electron chi connectivity index (χ0n) is 9.50. The van der Waals surface area contributed by atoms with E-state index >= 15 is 0 Å². The average Bonchev–Trinajstić information content (AvgIpc) is 3.05. The molecular formula is C15H14O2. The molecule has 86 valence electrons. The van der Waals surface area contributed by atoms with Crippen LogP contribution in [0.15, 0.2) is 42.5 Å². The van der Waals surface area contributed by atoms with Gasteiger partial charge in [0.05, 0.1) is 5.56 Å². The maximum Gasteiger partial charge on any atom is 0.338 e. The Hall–Kier alpha value is -1.57. The van der Waals surface area contributed by atoms with Crippen LogP contribution < -0.4 is 0 Å². The van der Waals surface area contributed by atoms with Crippen LogP contribution in [0, 0.1) is 17.3 Å². The van der Waals surface area contributed by atoms with E-state index in [0.29, 0.717) is 22.8 Å². The number of rotatable bonds is 2. The molecule has 0 bridgehead atoms. The van der Waals surface area contributed by atoms with Crippen molar-refractivity contribution in [1.82, 2.24) is 0 Å². The van der Waals surface area contributed by atoms with Gasteiger partial charge in [0, 0.05) is 5.41 Å². The second-order valence-corrected chi connectivity index (χ2v) is 5.41. The Morgan fingerprint density at radius 3 is 2.65 bits per heavy atom. The number of hydrogen-bond acceptors (Lipinski definition) is 2. The molecule has 3 aliphatic carbocycles. The van der Waals surface area contributed by atoms with E-state index in [0.717, 1.165) is 6.42 Å². The quantitative estimate of drug-likeness (QED) is 0.572. The van der Waals surface area contributed by atoms with E-state index in [-0.39, 0.29) is 12.1 Å². The lowest BCUT2D eigenvalue weighted by molar-refractivity contribution is -0.0577. The van der Waals surface area contributed by atoms with Gasteiger partial charge in [0.15, 0.2) is 0 Å². The van der Waals surface area contributed by atoms with Gasteiger partial charge in [-0.05, 0) is 36.8 Å². The molecule has 1 aromatic rings. The first-order valence-corrected chi connectivity index (χ1v) is 6.25. The first-order valence-electron chi connectivity index (χ1n) is 6.25. The number of carbonyl (C=O) groups is 1. The Balaban J connectivity index is 1.48. The van der Waals surface area contributed by atoms with Crippen molar-refractivity contribution in [1.29, 1.82) is 0 Å². The summed E-state index contributed by atoms with van der Waals surface area (Å²) in [5, 5.41) is 0. The highest BCUT2D eigenvalue weighted by molar-refractivity contribution is 5.89. The van der Waals surface area contributed by atoms with Crippen LogP contribution >= 0.6 is 0 Å². The highest BCUT2D eigenvalue weighted by atomic mass is 16.5. The molecule has 0 radical (unpaired) electrons. The summed E-state index contributed by atoms with van der Waals surface area (Å²) in [6.07, 6.45) is 7.01. The van der Waals surface area contributed by atoms with Crippen molar-refractivity contribution >= 4 is 5.97 Å². The summed E-state index contributed by atoms with van der Waals surface area (Å²) < 4.78 is 5.65. The third-order valence-corrected chi connectivity index (χ3v) is 4.70. The lowest BCUT2D eigenvalue weighted by Crippen LogP contribution is -2.45. The van der Waals surface area contributed by atoms with Crippen molar-refractivity contribution in [2.75, 3.05) is 0 Å². The van der Waals surface area contributed by atoms with Gasteiger partial charge in [-0.2, -0.15) is 0 Å². The van der Waals surface area contributed by atoms with Crippen molar-refractivity contribution in [3.8, 4) is 0 Å². The van der Waals surface area contributed by atoms with E-state index in [4.69, 9.17) is 4.74 Å². The number of benzene rings is 1. The molecule has 1 spiro atoms. The van der Waals surface area contributed by atoms with Gasteiger partial charge in [-0.25, -0.2) is 4.79 Å². The SMILES string of the molecule is O=C(O[C@H]1C[C@@H]2C=C[C@H]3C[C@@]123)c1ccccc1. The Morgan fingerprint density at radius 2 is 1.94 bits per heavy atom. The van der Waals surface area contributed by atoms with Gasteiger partial charge in [-0.3, -0.25) is 0 Å². The largest absolute Gasteiger partial charge is 0.458 e. The maximum absolute atomic E-state index is 12.0. The average molecular weight is 226 g/mol. The van der Waals surface area contributed by atoms with Gasteiger partial charge in [0.1, 0.15) is 6.10 Å². The summed E-state index contributed by atoms with van der Waals surface area (Å²) in [5.41, 5.74) is 0.986. The lowest BCUT2D eigenvalue weighted by Gasteiger charge is -2.42. The minimum atomic E-state index is -0.166. The summed E-state index contributed by atoms with van der Waals surface area (Å²) in [7, 11) is 0. The van der Waals surface area contributed by atoms with E-state index < -0.39 is 0 Å². The zero-order chi connectivity index (χ0) is 11.5. The lowest BCUT2D eigenvalue weighted by atomic mass is 9.68. The first-order chi connectivity index (χ1) is 8.30. The smallest absolute Gasteiger partial charge is 0.338 e. The summed E-state index contributed by atoms with van der Waals surface area (Å²) >= 11 is 0. The monoisotopic (exact) mass is 226 g/mol. The van der Waals surface area contributed by atoms with Gasteiger partial charge in [0.25, 0.3) is 0 Å². The number of hydrogen-bond donors (Lipinski definition) is 0. The molecule has 2 heteroatoms. The van der Waals surface area contributed by atoms with Crippen LogP contribution in [0.2, 0.25) is 0 Å². The molecule has 1 aromatic carbocycles. The molecule has 2 fully saturated rings. The molecule has 0 aliphatic heterocycles. The summed E-state index contributed by atoms with van der Waals surface area (Å²) in [6, 6.07) is 9.28. The summed E-state index contributed by atoms with van der Waals surface area (Å²) in [4.78, 5) is 12.0. The van der Waals surface area contributed by atoms with Crippen LogP contribution in [0.1, 0.15) is 23.2 Å². The predicted octanol–water partition coefficient (Wildman–Crippen LogP) is 2.81. The van der Waals surface area contributed by atoms with Crippen molar-refractivity contribution < 1.29 is 9.53 Å². The van der Waals surface area contributed by atoms with Gasteiger partial charge in [-0.1, -0.05) is 30.4 Å². The Kier molecular flexibility index (Phi) is 1.67. The van der Waals surface area contributed by atoms with Gasteiger partial charge >= 0.3 is 5.97 Å². The van der Waals surface area contributed by atoms with Crippen LogP contribution in [0.5, 0.6) is 0 Å². The molecule has 2 nitrogen and oxygen atoms in total. The minimum absolute atomic E-state index is 0.153. The van der Waals surface area contributed by atoms with E-state index in [1.807, 2.05) is 30.3 Å². The van der Waals surface area contributed by atoms with Crippen LogP contribution in [0.25, 0.3) is 0 Å². The van der Waals surface area contributed by atoms with Crippen molar-refractivity contribution in [2.45, 2.75) is 18.9 Å². The van der Waals surface area contributed by atoms with Crippen LogP contribution in [0.3, 0.4) is 0 Å². The van der Waals surface area contributed by atoms with E-state index in [9.17, 15) is 4.79 Å². The highest BCUT2D eigenvalue weighted by Gasteiger charge is 2.72. The fourth-order valence-corrected chi connectivity index (χ4v) is 3.57. The minimum Gasteiger partial charge on any atom is -0.458 e. The number of allylic oxidation sites excluding steroid dienone is 2. The molecule has 0 aromatic heterocycles. The van der Waals surface area contributed by atoms with Gasteiger partial charge in [-0.15, -0.1) is 0 Å². The summed E-state index contributed by atoms with van der Waals surface area (Å²) in [5.74, 6) is 1.21. The fourth-order valence-electron chi connectivity index (χ4n) is 3.57. The highest BCUT2D eigenvalue weighted by Crippen LogP contribution is 2.73. The first kappa shape index (κ1) is 9.46. The third-order valence-electron chi connectivity index (χ3n) is 4.70. The summed E-state index contributed by atoms with van der Waals surface area (Å²) in [6.45, 7) is 0.